The summed E-state index contributed by atoms with van der Waals surface area (Å²) >= 11 is 0. The second-order valence-corrected chi connectivity index (χ2v) is 8.89. The molecule has 5 nitrogen and oxygen atoms in total. The molecule has 0 atom stereocenters. The highest BCUT2D eigenvalue weighted by Gasteiger charge is 2.40. The Balaban J connectivity index is 1.30. The van der Waals surface area contributed by atoms with Gasteiger partial charge in [-0.25, -0.2) is 0 Å². The van der Waals surface area contributed by atoms with Crippen molar-refractivity contribution >= 4 is 5.91 Å². The molecular weight excluding hydrogens is 338 g/mol. The molecule has 148 valence electrons. The standard InChI is InChI=1S/C22H33N3O2/c1-2-12-25-17-22(9-8-21(25)26)10-13-24(14-11-22)16-19-15-20(23-27-19)18-6-4-3-5-7-18/h2,15,18H,1,3-14,16-17H2. The number of piperidine rings is 2. The second kappa shape index (κ2) is 8.17. The smallest absolute Gasteiger partial charge is 0.222 e. The Morgan fingerprint density at radius 3 is 2.74 bits per heavy atom. The molecule has 0 radical (unpaired) electrons. The van der Waals surface area contributed by atoms with Gasteiger partial charge in [0.1, 0.15) is 0 Å². The van der Waals surface area contributed by atoms with Crippen LogP contribution in [-0.4, -0.2) is 47.0 Å². The minimum absolute atomic E-state index is 0.292. The maximum absolute atomic E-state index is 12.1. The third kappa shape index (κ3) is 4.29. The molecule has 0 bridgehead atoms. The lowest BCUT2D eigenvalue weighted by Crippen LogP contribution is -2.51. The normalized spacial score (nSPS) is 24.4. The second-order valence-electron chi connectivity index (χ2n) is 8.89. The first-order valence-corrected chi connectivity index (χ1v) is 10.7. The third-order valence-corrected chi connectivity index (χ3v) is 6.99. The van der Waals surface area contributed by atoms with Gasteiger partial charge in [0.05, 0.1) is 12.2 Å². The highest BCUT2D eigenvalue weighted by atomic mass is 16.5. The Labute approximate surface area is 162 Å². The number of carbonyl (C=O) groups is 1. The van der Waals surface area contributed by atoms with Gasteiger partial charge in [-0.15, -0.1) is 6.58 Å². The van der Waals surface area contributed by atoms with E-state index in [1.165, 1.54) is 37.8 Å². The molecule has 2 aliphatic heterocycles. The van der Waals surface area contributed by atoms with E-state index in [2.05, 4.69) is 22.7 Å². The average molecular weight is 372 g/mol. The van der Waals surface area contributed by atoms with Crippen molar-refractivity contribution in [2.45, 2.75) is 70.3 Å². The van der Waals surface area contributed by atoms with Crippen molar-refractivity contribution in [3.05, 3.63) is 30.2 Å². The van der Waals surface area contributed by atoms with Crippen LogP contribution >= 0.6 is 0 Å². The van der Waals surface area contributed by atoms with E-state index in [0.29, 0.717) is 30.2 Å². The molecule has 3 heterocycles. The summed E-state index contributed by atoms with van der Waals surface area (Å²) in [5.74, 6) is 1.91. The van der Waals surface area contributed by atoms with Gasteiger partial charge in [-0.1, -0.05) is 30.5 Å². The summed E-state index contributed by atoms with van der Waals surface area (Å²) in [6.45, 7) is 8.41. The first-order chi connectivity index (χ1) is 13.2. The minimum atomic E-state index is 0.292. The fourth-order valence-electron chi connectivity index (χ4n) is 5.23. The van der Waals surface area contributed by atoms with E-state index in [4.69, 9.17) is 4.52 Å². The molecule has 0 aromatic carbocycles. The summed E-state index contributed by atoms with van der Waals surface area (Å²) in [6, 6.07) is 2.20. The quantitative estimate of drug-likeness (QED) is 0.731. The van der Waals surface area contributed by atoms with Crippen LogP contribution in [0.25, 0.3) is 0 Å². The van der Waals surface area contributed by atoms with Gasteiger partial charge in [0, 0.05) is 31.5 Å². The topological polar surface area (TPSA) is 49.6 Å². The molecule has 1 aromatic heterocycles. The highest BCUT2D eigenvalue weighted by molar-refractivity contribution is 5.77. The number of nitrogens with zero attached hydrogens (tertiary/aromatic N) is 3. The number of hydrogen-bond donors (Lipinski definition) is 0. The third-order valence-electron chi connectivity index (χ3n) is 6.99. The van der Waals surface area contributed by atoms with Crippen LogP contribution in [0, 0.1) is 5.41 Å². The molecule has 3 fully saturated rings. The fourth-order valence-corrected chi connectivity index (χ4v) is 5.23. The van der Waals surface area contributed by atoms with E-state index in [1.807, 2.05) is 11.0 Å². The van der Waals surface area contributed by atoms with Crippen LogP contribution < -0.4 is 0 Å². The van der Waals surface area contributed by atoms with Gasteiger partial charge in [-0.3, -0.25) is 9.69 Å². The predicted octanol–water partition coefficient (Wildman–Crippen LogP) is 4.11. The number of aromatic nitrogens is 1. The Hall–Kier alpha value is -1.62. The summed E-state index contributed by atoms with van der Waals surface area (Å²) in [4.78, 5) is 16.6. The lowest BCUT2D eigenvalue weighted by molar-refractivity contribution is -0.138. The molecular formula is C22H33N3O2. The Morgan fingerprint density at radius 2 is 2.00 bits per heavy atom. The van der Waals surface area contributed by atoms with Crippen LogP contribution in [0.2, 0.25) is 0 Å². The molecule has 1 aliphatic carbocycles. The SMILES string of the molecule is C=CCN1CC2(CCC1=O)CCN(Cc1cc(C3CCCCC3)no1)CC2. The van der Waals surface area contributed by atoms with Crippen LogP contribution in [0.5, 0.6) is 0 Å². The van der Waals surface area contributed by atoms with Gasteiger partial charge in [0.2, 0.25) is 5.91 Å². The molecule has 2 saturated heterocycles. The summed E-state index contributed by atoms with van der Waals surface area (Å²) in [7, 11) is 0. The van der Waals surface area contributed by atoms with Gasteiger partial charge >= 0.3 is 0 Å². The van der Waals surface area contributed by atoms with Crippen molar-refractivity contribution < 1.29 is 9.32 Å². The Morgan fingerprint density at radius 1 is 1.22 bits per heavy atom. The van der Waals surface area contributed by atoms with E-state index in [1.54, 1.807) is 0 Å². The van der Waals surface area contributed by atoms with E-state index in [0.717, 1.165) is 51.2 Å². The summed E-state index contributed by atoms with van der Waals surface area (Å²) in [5.41, 5.74) is 1.48. The zero-order chi connectivity index (χ0) is 18.7. The van der Waals surface area contributed by atoms with Crippen molar-refractivity contribution in [2.75, 3.05) is 26.2 Å². The number of carbonyl (C=O) groups excluding carboxylic acids is 1. The van der Waals surface area contributed by atoms with Crippen LogP contribution in [0.1, 0.15) is 75.2 Å². The lowest BCUT2D eigenvalue weighted by atomic mass is 9.72. The highest BCUT2D eigenvalue weighted by Crippen LogP contribution is 2.40. The molecule has 0 unspecified atom stereocenters. The molecule has 1 saturated carbocycles. The molecule has 0 N–H and O–H groups in total. The lowest BCUT2D eigenvalue weighted by Gasteiger charge is -2.47. The van der Waals surface area contributed by atoms with Crippen molar-refractivity contribution in [3.8, 4) is 0 Å². The molecule has 5 heteroatoms. The average Bonchev–Trinajstić information content (AvgIpc) is 3.16. The molecule has 27 heavy (non-hydrogen) atoms. The largest absolute Gasteiger partial charge is 0.360 e. The van der Waals surface area contributed by atoms with Crippen LogP contribution in [0.3, 0.4) is 0 Å². The zero-order valence-corrected chi connectivity index (χ0v) is 16.5. The van der Waals surface area contributed by atoms with E-state index < -0.39 is 0 Å². The van der Waals surface area contributed by atoms with Crippen molar-refractivity contribution in [1.82, 2.24) is 15.0 Å². The maximum Gasteiger partial charge on any atom is 0.222 e. The van der Waals surface area contributed by atoms with E-state index in [-0.39, 0.29) is 0 Å². The van der Waals surface area contributed by atoms with Crippen molar-refractivity contribution in [1.29, 1.82) is 0 Å². The molecule has 1 amide bonds. The molecule has 3 aliphatic rings. The van der Waals surface area contributed by atoms with Crippen LogP contribution in [0.15, 0.2) is 23.2 Å². The Kier molecular flexibility index (Phi) is 5.67. The van der Waals surface area contributed by atoms with Crippen molar-refractivity contribution in [2.24, 2.45) is 5.41 Å². The van der Waals surface area contributed by atoms with E-state index >= 15 is 0 Å². The molecule has 1 spiro atoms. The number of likely N-dealkylation sites (tertiary alicyclic amines) is 2. The van der Waals surface area contributed by atoms with Gasteiger partial charge in [0.25, 0.3) is 0 Å². The molecule has 1 aromatic rings. The maximum atomic E-state index is 12.1. The predicted molar refractivity (Wildman–Crippen MR) is 105 cm³/mol. The summed E-state index contributed by atoms with van der Waals surface area (Å²) in [5, 5.41) is 4.37. The minimum Gasteiger partial charge on any atom is -0.360 e. The van der Waals surface area contributed by atoms with Crippen LogP contribution in [0.4, 0.5) is 0 Å². The summed E-state index contributed by atoms with van der Waals surface area (Å²) in [6.07, 6.45) is 12.5. The zero-order valence-electron chi connectivity index (χ0n) is 16.5. The number of hydrogen-bond acceptors (Lipinski definition) is 4. The monoisotopic (exact) mass is 371 g/mol. The van der Waals surface area contributed by atoms with Gasteiger partial charge < -0.3 is 9.42 Å². The number of rotatable bonds is 5. The molecule has 4 rings (SSSR count). The van der Waals surface area contributed by atoms with Gasteiger partial charge in [-0.2, -0.15) is 0 Å². The fraction of sp³-hybridized carbons (Fsp3) is 0.727. The Bertz CT molecular complexity index is 654. The van der Waals surface area contributed by atoms with Gasteiger partial charge in [0.15, 0.2) is 5.76 Å². The van der Waals surface area contributed by atoms with Crippen LogP contribution in [-0.2, 0) is 11.3 Å². The van der Waals surface area contributed by atoms with E-state index in [9.17, 15) is 4.79 Å². The summed E-state index contributed by atoms with van der Waals surface area (Å²) < 4.78 is 5.67. The first-order valence-electron chi connectivity index (χ1n) is 10.7. The number of amides is 1. The van der Waals surface area contributed by atoms with Gasteiger partial charge in [-0.05, 0) is 50.6 Å². The first kappa shape index (κ1) is 18.7. The van der Waals surface area contributed by atoms with Crippen molar-refractivity contribution in [3.63, 3.8) is 0 Å².